The van der Waals surface area contributed by atoms with Gasteiger partial charge in [0.05, 0.1) is 0 Å². The lowest BCUT2D eigenvalue weighted by Crippen LogP contribution is -2.41. The van der Waals surface area contributed by atoms with Gasteiger partial charge >= 0.3 is 0 Å². The lowest BCUT2D eigenvalue weighted by Gasteiger charge is -2.35. The summed E-state index contributed by atoms with van der Waals surface area (Å²) in [5.41, 5.74) is 13.7. The summed E-state index contributed by atoms with van der Waals surface area (Å²) in [6.45, 7) is 17.1. The predicted molar refractivity (Wildman–Crippen MR) is 186 cm³/mol. The number of nitrogens with zero attached hydrogens (tertiary/aromatic N) is 5. The van der Waals surface area contributed by atoms with Gasteiger partial charge in [-0.25, -0.2) is 4.98 Å². The molecule has 0 atom stereocenters. The molecule has 2 fully saturated rings. The smallest absolute Gasteiger partial charge is 0.253 e. The zero-order valence-electron chi connectivity index (χ0n) is 27.8. The van der Waals surface area contributed by atoms with Crippen LogP contribution in [0.2, 0.25) is 0 Å². The predicted octanol–water partition coefficient (Wildman–Crippen LogP) is 6.90. The fourth-order valence-corrected chi connectivity index (χ4v) is 7.10. The van der Waals surface area contributed by atoms with Crippen LogP contribution >= 0.6 is 0 Å². The van der Waals surface area contributed by atoms with E-state index in [-0.39, 0.29) is 5.91 Å². The number of rotatable bonds is 11. The second-order valence-corrected chi connectivity index (χ2v) is 13.1. The molecule has 0 spiro atoms. The van der Waals surface area contributed by atoms with E-state index < -0.39 is 0 Å². The zero-order valence-corrected chi connectivity index (χ0v) is 27.8. The Morgan fingerprint density at radius 3 is 2.36 bits per heavy atom. The number of anilines is 1. The number of piperidine rings is 2. The molecule has 0 radical (unpaired) electrons. The molecule has 2 N–H and O–H groups in total. The van der Waals surface area contributed by atoms with Crippen LogP contribution in [0.1, 0.15) is 86.0 Å². The molecule has 5 rings (SSSR count). The number of pyridine rings is 2. The molecule has 2 aliphatic rings. The van der Waals surface area contributed by atoms with Gasteiger partial charge in [-0.2, -0.15) is 0 Å². The van der Waals surface area contributed by atoms with Crippen LogP contribution in [0.3, 0.4) is 0 Å². The lowest BCUT2D eigenvalue weighted by molar-refractivity contribution is 0.0668. The lowest BCUT2D eigenvalue weighted by atomic mass is 9.88. The molecule has 1 aromatic carbocycles. The van der Waals surface area contributed by atoms with Crippen molar-refractivity contribution in [2.45, 2.75) is 65.7 Å². The molecule has 2 aliphatic heterocycles. The van der Waals surface area contributed by atoms with Crippen molar-refractivity contribution >= 4 is 17.8 Å². The zero-order chi connectivity index (χ0) is 31.8. The molecule has 0 unspecified atom stereocenters. The van der Waals surface area contributed by atoms with Crippen molar-refractivity contribution in [2.24, 2.45) is 5.92 Å². The van der Waals surface area contributed by atoms with Crippen molar-refractivity contribution in [3.05, 3.63) is 82.8 Å². The van der Waals surface area contributed by atoms with Crippen molar-refractivity contribution in [1.29, 1.82) is 0 Å². The molecule has 2 aromatic heterocycles. The molecule has 4 heterocycles. The van der Waals surface area contributed by atoms with E-state index in [1.807, 2.05) is 24.5 Å². The standard InChI is InChI=1S/C38H52N6O/c1-5-19-42(6-2)27-30-14-22-44(23-15-30)38(45)33-9-7-31(8-10-33)32-16-20-43(21-17-32)26-28(3)24-36-29(4)40-18-13-35(36)34-11-12-37(39)41-25-34/h7-13,18,24-25,30,32H,5-6,14-17,19-23,26-27H2,1-4H3,(H2,39,41)/b28-24+. The second-order valence-electron chi connectivity index (χ2n) is 13.1. The van der Waals surface area contributed by atoms with Crippen LogP contribution < -0.4 is 5.73 Å². The highest BCUT2D eigenvalue weighted by molar-refractivity contribution is 5.94. The summed E-state index contributed by atoms with van der Waals surface area (Å²) >= 11 is 0. The number of hydrogen-bond acceptors (Lipinski definition) is 6. The minimum atomic E-state index is 0.192. The molecule has 0 saturated carbocycles. The molecule has 3 aromatic rings. The van der Waals surface area contributed by atoms with Crippen molar-refractivity contribution < 1.29 is 4.79 Å². The van der Waals surface area contributed by atoms with Gasteiger partial charge in [-0.1, -0.05) is 37.6 Å². The van der Waals surface area contributed by atoms with Gasteiger partial charge in [-0.15, -0.1) is 0 Å². The van der Waals surface area contributed by atoms with Gasteiger partial charge in [0, 0.05) is 61.0 Å². The van der Waals surface area contributed by atoms with Gasteiger partial charge in [0.2, 0.25) is 0 Å². The molecule has 45 heavy (non-hydrogen) atoms. The summed E-state index contributed by atoms with van der Waals surface area (Å²) in [6, 6.07) is 14.5. The van der Waals surface area contributed by atoms with Crippen molar-refractivity contribution in [3.8, 4) is 11.1 Å². The average Bonchev–Trinajstić information content (AvgIpc) is 3.06. The number of carbonyl (C=O) groups is 1. The van der Waals surface area contributed by atoms with Gasteiger partial charge in [0.15, 0.2) is 0 Å². The first kappa shape index (κ1) is 32.8. The van der Waals surface area contributed by atoms with Crippen LogP contribution in [0.5, 0.6) is 0 Å². The topological polar surface area (TPSA) is 78.6 Å². The Hall–Kier alpha value is -3.55. The Kier molecular flexibility index (Phi) is 11.4. The molecule has 0 bridgehead atoms. The van der Waals surface area contributed by atoms with E-state index in [2.05, 4.69) is 88.8 Å². The summed E-state index contributed by atoms with van der Waals surface area (Å²) in [5.74, 6) is 1.97. The quantitative estimate of drug-likeness (QED) is 0.255. The Morgan fingerprint density at radius 2 is 1.71 bits per heavy atom. The molecule has 0 aliphatic carbocycles. The minimum absolute atomic E-state index is 0.192. The van der Waals surface area contributed by atoms with E-state index in [0.717, 1.165) is 92.9 Å². The molecule has 7 heteroatoms. The van der Waals surface area contributed by atoms with Crippen LogP contribution in [0.4, 0.5) is 5.82 Å². The number of likely N-dealkylation sites (tertiary alicyclic amines) is 2. The molecular weight excluding hydrogens is 556 g/mol. The maximum Gasteiger partial charge on any atom is 0.253 e. The van der Waals surface area contributed by atoms with Crippen LogP contribution in [-0.2, 0) is 0 Å². The fourth-order valence-electron chi connectivity index (χ4n) is 7.10. The van der Waals surface area contributed by atoms with Gasteiger partial charge in [-0.05, 0) is 125 Å². The number of nitrogens with two attached hydrogens (primary N) is 1. The monoisotopic (exact) mass is 608 g/mol. The minimum Gasteiger partial charge on any atom is -0.384 e. The van der Waals surface area contributed by atoms with Crippen LogP contribution in [0, 0.1) is 12.8 Å². The number of carbonyl (C=O) groups excluding carboxylic acids is 1. The summed E-state index contributed by atoms with van der Waals surface area (Å²) in [5, 5.41) is 0. The van der Waals surface area contributed by atoms with E-state index in [1.165, 1.54) is 30.6 Å². The van der Waals surface area contributed by atoms with Crippen molar-refractivity contribution in [1.82, 2.24) is 24.7 Å². The Bertz CT molecular complexity index is 1420. The number of hydrogen-bond donors (Lipinski definition) is 1. The number of aryl methyl sites for hydroxylation is 1. The molecular formula is C38H52N6O. The summed E-state index contributed by atoms with van der Waals surface area (Å²) in [6.07, 6.45) is 11.7. The third-order valence-electron chi connectivity index (χ3n) is 9.77. The van der Waals surface area contributed by atoms with Gasteiger partial charge in [0.1, 0.15) is 5.82 Å². The third kappa shape index (κ3) is 8.59. The maximum absolute atomic E-state index is 13.3. The van der Waals surface area contributed by atoms with Crippen molar-refractivity contribution in [3.63, 3.8) is 0 Å². The van der Waals surface area contributed by atoms with Crippen LogP contribution in [-0.4, -0.2) is 82.9 Å². The number of benzene rings is 1. The number of amides is 1. The highest BCUT2D eigenvalue weighted by Gasteiger charge is 2.26. The Labute approximate surface area is 270 Å². The molecule has 1 amide bonds. The van der Waals surface area contributed by atoms with Crippen LogP contribution in [0.25, 0.3) is 17.2 Å². The van der Waals surface area contributed by atoms with E-state index in [1.54, 1.807) is 0 Å². The van der Waals surface area contributed by atoms with Crippen LogP contribution in [0.15, 0.2) is 60.4 Å². The van der Waals surface area contributed by atoms with E-state index in [9.17, 15) is 4.79 Å². The summed E-state index contributed by atoms with van der Waals surface area (Å²) < 4.78 is 0. The molecule has 7 nitrogen and oxygen atoms in total. The van der Waals surface area contributed by atoms with E-state index in [4.69, 9.17) is 5.73 Å². The van der Waals surface area contributed by atoms with Gasteiger partial charge < -0.3 is 15.5 Å². The number of nitrogen functional groups attached to an aromatic ring is 1. The normalized spacial score (nSPS) is 17.3. The highest BCUT2D eigenvalue weighted by Crippen LogP contribution is 2.31. The summed E-state index contributed by atoms with van der Waals surface area (Å²) in [4.78, 5) is 29.3. The fraction of sp³-hybridized carbons (Fsp3) is 0.500. The molecule has 240 valence electrons. The van der Waals surface area contributed by atoms with Gasteiger partial charge in [0.25, 0.3) is 5.91 Å². The first-order valence-electron chi connectivity index (χ1n) is 17.0. The average molecular weight is 609 g/mol. The van der Waals surface area contributed by atoms with Gasteiger partial charge in [-0.3, -0.25) is 14.7 Å². The first-order chi connectivity index (χ1) is 21.8. The highest BCUT2D eigenvalue weighted by atomic mass is 16.2. The largest absolute Gasteiger partial charge is 0.384 e. The number of aromatic nitrogens is 2. The first-order valence-corrected chi connectivity index (χ1v) is 17.0. The third-order valence-corrected chi connectivity index (χ3v) is 9.77. The molecule has 2 saturated heterocycles. The van der Waals surface area contributed by atoms with Crippen molar-refractivity contribution in [2.75, 3.05) is 58.1 Å². The Balaban J connectivity index is 1.12. The maximum atomic E-state index is 13.3. The Morgan fingerprint density at radius 1 is 0.978 bits per heavy atom. The second kappa shape index (κ2) is 15.6. The summed E-state index contributed by atoms with van der Waals surface area (Å²) in [7, 11) is 0. The SMILES string of the molecule is CCCN(CC)CC1CCN(C(=O)c2ccc(C3CCN(C/C(C)=C/c4c(-c5ccc(N)nc5)ccnc4C)CC3)cc2)CC1. The van der Waals surface area contributed by atoms with E-state index >= 15 is 0 Å². The van der Waals surface area contributed by atoms with E-state index in [0.29, 0.717) is 17.7 Å².